The van der Waals surface area contributed by atoms with Crippen LogP contribution in [0.3, 0.4) is 0 Å². The Labute approximate surface area is 101 Å². The second kappa shape index (κ2) is 4.20. The number of hydrogen-bond acceptors (Lipinski definition) is 3. The maximum absolute atomic E-state index is 5.91. The number of aromatic nitrogens is 3. The van der Waals surface area contributed by atoms with Gasteiger partial charge in [0.05, 0.1) is 18.2 Å². The molecule has 3 rings (SSSR count). The average Bonchev–Trinajstić information content (AvgIpc) is 2.72. The van der Waals surface area contributed by atoms with Gasteiger partial charge in [0.15, 0.2) is 0 Å². The van der Waals surface area contributed by atoms with Crippen molar-refractivity contribution in [3.8, 4) is 11.3 Å². The Bertz CT molecular complexity index is 514. The minimum atomic E-state index is 0.572. The molecule has 0 spiro atoms. The van der Waals surface area contributed by atoms with Crippen LogP contribution in [0, 0.1) is 5.92 Å². The molecule has 1 saturated carbocycles. The summed E-state index contributed by atoms with van der Waals surface area (Å²) < 4.78 is 2.19. The fraction of sp³-hybridized carbons (Fsp3) is 0.385. The van der Waals surface area contributed by atoms with Gasteiger partial charge in [0.1, 0.15) is 5.82 Å². The van der Waals surface area contributed by atoms with E-state index in [0.717, 1.165) is 23.7 Å². The summed E-state index contributed by atoms with van der Waals surface area (Å²) in [6.45, 7) is 1.05. The van der Waals surface area contributed by atoms with E-state index in [4.69, 9.17) is 5.73 Å². The molecule has 2 heterocycles. The Morgan fingerprint density at radius 2 is 2.29 bits per heavy atom. The first kappa shape index (κ1) is 10.3. The quantitative estimate of drug-likeness (QED) is 0.877. The lowest BCUT2D eigenvalue weighted by Crippen LogP contribution is -2.18. The molecule has 0 aromatic carbocycles. The lowest BCUT2D eigenvalue weighted by molar-refractivity contribution is 0.277. The van der Waals surface area contributed by atoms with Crippen LogP contribution < -0.4 is 5.73 Å². The average molecular weight is 228 g/mol. The highest BCUT2D eigenvalue weighted by Crippen LogP contribution is 2.30. The van der Waals surface area contributed by atoms with Gasteiger partial charge in [-0.05, 0) is 30.9 Å². The third-order valence-corrected chi connectivity index (χ3v) is 3.51. The second-order valence-electron chi connectivity index (χ2n) is 4.66. The minimum Gasteiger partial charge on any atom is -0.383 e. The van der Waals surface area contributed by atoms with E-state index in [1.165, 1.54) is 19.3 Å². The molecule has 0 saturated heterocycles. The van der Waals surface area contributed by atoms with E-state index in [-0.39, 0.29) is 0 Å². The highest BCUT2D eigenvalue weighted by Gasteiger charge is 2.19. The lowest BCUT2D eigenvalue weighted by atomic mass is 9.85. The first-order chi connectivity index (χ1) is 8.34. The van der Waals surface area contributed by atoms with E-state index >= 15 is 0 Å². The van der Waals surface area contributed by atoms with Crippen molar-refractivity contribution in [2.45, 2.75) is 25.8 Å². The molecule has 88 valence electrons. The molecule has 2 N–H and O–H groups in total. The third-order valence-electron chi connectivity index (χ3n) is 3.51. The topological polar surface area (TPSA) is 56.7 Å². The molecule has 0 unspecified atom stereocenters. The fourth-order valence-electron chi connectivity index (χ4n) is 2.28. The zero-order chi connectivity index (χ0) is 11.7. The predicted octanol–water partition coefficient (Wildman–Crippen LogP) is 2.33. The maximum atomic E-state index is 5.91. The highest BCUT2D eigenvalue weighted by atomic mass is 15.1. The predicted molar refractivity (Wildman–Crippen MR) is 67.2 cm³/mol. The fourth-order valence-corrected chi connectivity index (χ4v) is 2.28. The molecule has 0 atom stereocenters. The molecule has 0 aliphatic heterocycles. The second-order valence-corrected chi connectivity index (χ2v) is 4.66. The molecule has 1 fully saturated rings. The molecule has 0 amide bonds. The molecule has 2 aromatic rings. The normalized spacial score (nSPS) is 15.8. The summed E-state index contributed by atoms with van der Waals surface area (Å²) in [5.41, 5.74) is 7.95. The maximum Gasteiger partial charge on any atom is 0.132 e. The molecule has 4 heteroatoms. The Morgan fingerprint density at radius 1 is 1.41 bits per heavy atom. The largest absolute Gasteiger partial charge is 0.383 e. The highest BCUT2D eigenvalue weighted by molar-refractivity contribution is 5.70. The number of nitrogens with zero attached hydrogens (tertiary/aromatic N) is 3. The summed E-state index contributed by atoms with van der Waals surface area (Å²) >= 11 is 0. The molecule has 2 aromatic heterocycles. The van der Waals surface area contributed by atoms with Crippen LogP contribution in [0.25, 0.3) is 11.3 Å². The van der Waals surface area contributed by atoms with Crippen LogP contribution in [0.15, 0.2) is 30.9 Å². The number of nitrogens with two attached hydrogens (primary N) is 1. The van der Waals surface area contributed by atoms with Crippen molar-refractivity contribution in [2.24, 2.45) is 5.92 Å². The van der Waals surface area contributed by atoms with Crippen molar-refractivity contribution >= 4 is 5.82 Å². The Hall–Kier alpha value is -1.84. The summed E-state index contributed by atoms with van der Waals surface area (Å²) in [7, 11) is 0. The minimum absolute atomic E-state index is 0.572. The van der Waals surface area contributed by atoms with Crippen LogP contribution in [0.2, 0.25) is 0 Å². The third kappa shape index (κ3) is 1.90. The first-order valence-electron chi connectivity index (χ1n) is 6.05. The first-order valence-corrected chi connectivity index (χ1v) is 6.05. The number of pyridine rings is 1. The number of hydrogen-bond donors (Lipinski definition) is 1. The standard InChI is InChI=1S/C13H16N4/c14-13-11(5-2-6-16-13)12-7-15-9-17(12)8-10-3-1-4-10/h2,5-7,9-10H,1,3-4,8H2,(H2,14,16). The van der Waals surface area contributed by atoms with Gasteiger partial charge in [-0.2, -0.15) is 0 Å². The summed E-state index contributed by atoms with van der Waals surface area (Å²) in [5, 5.41) is 0. The van der Waals surface area contributed by atoms with Crippen molar-refractivity contribution < 1.29 is 0 Å². The van der Waals surface area contributed by atoms with E-state index < -0.39 is 0 Å². The molecule has 1 aliphatic rings. The molecular formula is C13H16N4. The molecule has 0 bridgehead atoms. The van der Waals surface area contributed by atoms with Crippen LogP contribution in [0.5, 0.6) is 0 Å². The molecule has 0 radical (unpaired) electrons. The van der Waals surface area contributed by atoms with Gasteiger partial charge in [-0.15, -0.1) is 0 Å². The number of anilines is 1. The van der Waals surface area contributed by atoms with Crippen molar-refractivity contribution in [1.29, 1.82) is 0 Å². The smallest absolute Gasteiger partial charge is 0.132 e. The van der Waals surface area contributed by atoms with Gasteiger partial charge in [-0.25, -0.2) is 9.97 Å². The van der Waals surface area contributed by atoms with E-state index in [1.54, 1.807) is 6.20 Å². The van der Waals surface area contributed by atoms with Gasteiger partial charge in [-0.3, -0.25) is 0 Å². The van der Waals surface area contributed by atoms with Crippen molar-refractivity contribution in [3.05, 3.63) is 30.9 Å². The summed E-state index contributed by atoms with van der Waals surface area (Å²) in [4.78, 5) is 8.36. The van der Waals surface area contributed by atoms with E-state index in [2.05, 4.69) is 14.5 Å². The lowest BCUT2D eigenvalue weighted by Gasteiger charge is -2.26. The zero-order valence-electron chi connectivity index (χ0n) is 9.71. The summed E-state index contributed by atoms with van der Waals surface area (Å²) in [5.74, 6) is 1.38. The molecule has 17 heavy (non-hydrogen) atoms. The van der Waals surface area contributed by atoms with Gasteiger partial charge in [0.25, 0.3) is 0 Å². The van der Waals surface area contributed by atoms with Gasteiger partial charge < -0.3 is 10.3 Å². The monoisotopic (exact) mass is 228 g/mol. The molecular weight excluding hydrogens is 212 g/mol. The zero-order valence-corrected chi connectivity index (χ0v) is 9.71. The molecule has 4 nitrogen and oxygen atoms in total. The van der Waals surface area contributed by atoms with Gasteiger partial charge in [0, 0.05) is 18.3 Å². The van der Waals surface area contributed by atoms with E-state index in [1.807, 2.05) is 24.7 Å². The summed E-state index contributed by atoms with van der Waals surface area (Å²) in [6.07, 6.45) is 9.50. The van der Waals surface area contributed by atoms with Crippen LogP contribution in [0.4, 0.5) is 5.82 Å². The number of imidazole rings is 1. The van der Waals surface area contributed by atoms with E-state index in [9.17, 15) is 0 Å². The van der Waals surface area contributed by atoms with Crippen LogP contribution in [-0.4, -0.2) is 14.5 Å². The van der Waals surface area contributed by atoms with Crippen LogP contribution in [-0.2, 0) is 6.54 Å². The SMILES string of the molecule is Nc1ncccc1-c1cncn1CC1CCC1. The number of nitrogen functional groups attached to an aromatic ring is 1. The van der Waals surface area contributed by atoms with Crippen molar-refractivity contribution in [3.63, 3.8) is 0 Å². The van der Waals surface area contributed by atoms with E-state index in [0.29, 0.717) is 5.82 Å². The number of rotatable bonds is 3. The Kier molecular flexibility index (Phi) is 2.55. The van der Waals surface area contributed by atoms with Crippen LogP contribution >= 0.6 is 0 Å². The van der Waals surface area contributed by atoms with Gasteiger partial charge in [-0.1, -0.05) is 6.42 Å². The van der Waals surface area contributed by atoms with Gasteiger partial charge in [0.2, 0.25) is 0 Å². The summed E-state index contributed by atoms with van der Waals surface area (Å²) in [6, 6.07) is 3.91. The van der Waals surface area contributed by atoms with Crippen molar-refractivity contribution in [2.75, 3.05) is 5.73 Å². The Balaban J connectivity index is 1.92. The molecule has 1 aliphatic carbocycles. The Morgan fingerprint density at radius 3 is 3.00 bits per heavy atom. The van der Waals surface area contributed by atoms with Crippen LogP contribution in [0.1, 0.15) is 19.3 Å². The van der Waals surface area contributed by atoms with Gasteiger partial charge >= 0.3 is 0 Å². The van der Waals surface area contributed by atoms with Crippen molar-refractivity contribution in [1.82, 2.24) is 14.5 Å².